The lowest BCUT2D eigenvalue weighted by atomic mass is 9.69. The maximum absolute atomic E-state index is 2.37. The maximum atomic E-state index is 2.37. The van der Waals surface area contributed by atoms with Gasteiger partial charge in [0, 0.05) is 34.1 Å². The SMILES string of the molecule is CC(C)(C)CC(c1ccc(N(c2ccccc2)c2ccc(-c3ccc(N(c4ccccc4)c4ccc(C(CC(C)(C)C)C(C)(C)C)cc4)cc3)cc2)cc1)C(C)(C)C. The molecule has 2 heteroatoms. The summed E-state index contributed by atoms with van der Waals surface area (Å²) in [7, 11) is 0. The first-order valence-corrected chi connectivity index (χ1v) is 21.4. The minimum atomic E-state index is 0.176. The van der Waals surface area contributed by atoms with Crippen LogP contribution in [0.15, 0.2) is 158 Å². The van der Waals surface area contributed by atoms with E-state index in [4.69, 9.17) is 0 Å². The van der Waals surface area contributed by atoms with Crippen LogP contribution in [0.5, 0.6) is 0 Å². The largest absolute Gasteiger partial charge is 0.311 e. The summed E-state index contributed by atoms with van der Waals surface area (Å²) in [6.07, 6.45) is 2.29. The van der Waals surface area contributed by atoms with E-state index in [2.05, 4.69) is 251 Å². The maximum Gasteiger partial charge on any atom is 0.0462 e. The Morgan fingerprint density at radius 1 is 0.310 bits per heavy atom. The summed E-state index contributed by atoms with van der Waals surface area (Å²) in [6.45, 7) is 28.3. The van der Waals surface area contributed by atoms with Gasteiger partial charge in [0.2, 0.25) is 0 Å². The molecule has 0 aromatic heterocycles. The number of nitrogens with zero attached hydrogens (tertiary/aromatic N) is 2. The Balaban J connectivity index is 1.28. The number of anilines is 6. The molecule has 0 saturated heterocycles. The average Bonchev–Trinajstić information content (AvgIpc) is 3.17. The van der Waals surface area contributed by atoms with Gasteiger partial charge in [0.1, 0.15) is 0 Å². The van der Waals surface area contributed by atoms with Crippen molar-refractivity contribution in [2.24, 2.45) is 21.7 Å². The first-order chi connectivity index (χ1) is 27.3. The molecule has 0 saturated carbocycles. The molecule has 302 valence electrons. The Bertz CT molecular complexity index is 2010. The molecule has 2 unspecified atom stereocenters. The van der Waals surface area contributed by atoms with Gasteiger partial charge in [-0.15, -0.1) is 0 Å². The van der Waals surface area contributed by atoms with Gasteiger partial charge in [-0.05, 0) is 141 Å². The van der Waals surface area contributed by atoms with E-state index in [1.165, 1.54) is 22.3 Å². The molecule has 2 nitrogen and oxygen atoms in total. The van der Waals surface area contributed by atoms with Crippen LogP contribution in [0.4, 0.5) is 34.1 Å². The zero-order chi connectivity index (χ0) is 41.9. The van der Waals surface area contributed by atoms with Gasteiger partial charge in [-0.2, -0.15) is 0 Å². The van der Waals surface area contributed by atoms with Crippen LogP contribution in [0, 0.1) is 21.7 Å². The van der Waals surface area contributed by atoms with Gasteiger partial charge in [-0.25, -0.2) is 0 Å². The highest BCUT2D eigenvalue weighted by Gasteiger charge is 2.32. The lowest BCUT2D eigenvalue weighted by molar-refractivity contribution is 0.229. The van der Waals surface area contributed by atoms with Crippen LogP contribution < -0.4 is 9.80 Å². The van der Waals surface area contributed by atoms with Crippen molar-refractivity contribution in [3.63, 3.8) is 0 Å². The summed E-state index contributed by atoms with van der Waals surface area (Å²) in [5, 5.41) is 0. The van der Waals surface area contributed by atoms with Crippen LogP contribution in [0.2, 0.25) is 0 Å². The van der Waals surface area contributed by atoms with E-state index in [1.807, 2.05) is 0 Å². The molecule has 2 atom stereocenters. The zero-order valence-electron chi connectivity index (χ0n) is 37.5. The fourth-order valence-electron chi connectivity index (χ4n) is 8.44. The van der Waals surface area contributed by atoms with E-state index in [0.717, 1.165) is 47.0 Å². The predicted molar refractivity (Wildman–Crippen MR) is 254 cm³/mol. The molecule has 0 amide bonds. The highest BCUT2D eigenvalue weighted by atomic mass is 15.1. The fourth-order valence-corrected chi connectivity index (χ4v) is 8.44. The van der Waals surface area contributed by atoms with Crippen LogP contribution >= 0.6 is 0 Å². The second kappa shape index (κ2) is 17.0. The lowest BCUT2D eigenvalue weighted by Gasteiger charge is -2.36. The summed E-state index contributed by atoms with van der Waals surface area (Å²) >= 11 is 0. The van der Waals surface area contributed by atoms with E-state index in [9.17, 15) is 0 Å². The first kappa shape index (κ1) is 42.5. The number of rotatable bonds is 11. The van der Waals surface area contributed by atoms with Gasteiger partial charge in [-0.1, -0.05) is 168 Å². The third-order valence-corrected chi connectivity index (χ3v) is 11.4. The second-order valence-corrected chi connectivity index (χ2v) is 21.0. The third kappa shape index (κ3) is 10.7. The van der Waals surface area contributed by atoms with Crippen molar-refractivity contribution in [1.29, 1.82) is 0 Å². The van der Waals surface area contributed by atoms with Gasteiger partial charge < -0.3 is 9.80 Å². The highest BCUT2D eigenvalue weighted by Crippen LogP contribution is 2.46. The summed E-state index contributed by atoms with van der Waals surface area (Å²) in [6, 6.07) is 58.1. The van der Waals surface area contributed by atoms with Crippen molar-refractivity contribution in [2.75, 3.05) is 9.80 Å². The zero-order valence-corrected chi connectivity index (χ0v) is 37.5. The van der Waals surface area contributed by atoms with Crippen LogP contribution in [-0.4, -0.2) is 0 Å². The monoisotopic (exact) mass is 769 g/mol. The van der Waals surface area contributed by atoms with E-state index in [-0.39, 0.29) is 21.7 Å². The van der Waals surface area contributed by atoms with Gasteiger partial charge in [0.25, 0.3) is 0 Å². The topological polar surface area (TPSA) is 6.48 Å². The normalized spacial score (nSPS) is 13.5. The van der Waals surface area contributed by atoms with Crippen molar-refractivity contribution in [2.45, 2.75) is 108 Å². The molecule has 0 spiro atoms. The minimum absolute atomic E-state index is 0.176. The molecular weight excluding hydrogens is 701 g/mol. The van der Waals surface area contributed by atoms with Crippen molar-refractivity contribution in [3.8, 4) is 11.1 Å². The second-order valence-electron chi connectivity index (χ2n) is 21.0. The van der Waals surface area contributed by atoms with Crippen LogP contribution in [0.25, 0.3) is 11.1 Å². The molecule has 6 aromatic rings. The number of benzene rings is 6. The fraction of sp³-hybridized carbons (Fsp3) is 0.357. The molecule has 0 N–H and O–H groups in total. The third-order valence-electron chi connectivity index (χ3n) is 11.4. The first-order valence-electron chi connectivity index (χ1n) is 21.4. The summed E-state index contributed by atoms with van der Waals surface area (Å²) in [5.41, 5.74) is 12.9. The molecule has 6 aromatic carbocycles. The Morgan fingerprint density at radius 2 is 0.552 bits per heavy atom. The highest BCUT2D eigenvalue weighted by molar-refractivity contribution is 5.80. The van der Waals surface area contributed by atoms with E-state index < -0.39 is 0 Å². The Morgan fingerprint density at radius 3 is 0.793 bits per heavy atom. The lowest BCUT2D eigenvalue weighted by Crippen LogP contribution is -2.23. The molecule has 0 bridgehead atoms. The number of para-hydroxylation sites is 2. The van der Waals surface area contributed by atoms with Crippen molar-refractivity contribution in [1.82, 2.24) is 0 Å². The molecule has 0 aliphatic heterocycles. The Kier molecular flexibility index (Phi) is 12.5. The Hall–Kier alpha value is -5.08. The molecule has 6 rings (SSSR count). The van der Waals surface area contributed by atoms with Crippen molar-refractivity contribution < 1.29 is 0 Å². The minimum Gasteiger partial charge on any atom is -0.311 e. The summed E-state index contributed by atoms with van der Waals surface area (Å²) in [4.78, 5) is 4.73. The molecule has 0 heterocycles. The van der Waals surface area contributed by atoms with Crippen LogP contribution in [-0.2, 0) is 0 Å². The molecule has 58 heavy (non-hydrogen) atoms. The smallest absolute Gasteiger partial charge is 0.0462 e. The molecular formula is C56H68N2. The van der Waals surface area contributed by atoms with Gasteiger partial charge in [-0.3, -0.25) is 0 Å². The van der Waals surface area contributed by atoms with Gasteiger partial charge in [0.05, 0.1) is 0 Å². The summed E-state index contributed by atoms with van der Waals surface area (Å²) < 4.78 is 0. The molecule has 0 aliphatic carbocycles. The average molecular weight is 769 g/mol. The summed E-state index contributed by atoms with van der Waals surface area (Å²) in [5.74, 6) is 0.949. The van der Waals surface area contributed by atoms with Gasteiger partial charge in [0.15, 0.2) is 0 Å². The van der Waals surface area contributed by atoms with Crippen LogP contribution in [0.3, 0.4) is 0 Å². The standard InChI is InChI=1S/C56H68N2/c1-53(2,3)39-51(55(7,8)9)43-27-35-49(36-28-43)57(45-19-15-13-16-20-45)47-31-23-41(24-32-47)42-25-33-48(34-26-42)58(46-21-17-14-18-22-46)50-37-29-44(30-38-50)52(56(10,11)12)40-54(4,5)6/h13-38,51-52H,39-40H2,1-12H3. The van der Waals surface area contributed by atoms with E-state index in [0.29, 0.717) is 11.8 Å². The quantitative estimate of drug-likeness (QED) is 0.130. The van der Waals surface area contributed by atoms with Crippen LogP contribution in [0.1, 0.15) is 119 Å². The predicted octanol–water partition coefficient (Wildman–Crippen LogP) is 17.4. The Labute approximate surface area is 352 Å². The van der Waals surface area contributed by atoms with Gasteiger partial charge >= 0.3 is 0 Å². The van der Waals surface area contributed by atoms with E-state index in [1.54, 1.807) is 0 Å². The number of hydrogen-bond acceptors (Lipinski definition) is 2. The molecule has 0 radical (unpaired) electrons. The molecule has 0 aliphatic rings. The molecule has 0 fully saturated rings. The number of hydrogen-bond donors (Lipinski definition) is 0. The van der Waals surface area contributed by atoms with E-state index >= 15 is 0 Å². The van der Waals surface area contributed by atoms with Crippen molar-refractivity contribution >= 4 is 34.1 Å². The van der Waals surface area contributed by atoms with Crippen molar-refractivity contribution in [3.05, 3.63) is 169 Å².